The Labute approximate surface area is 332 Å². The minimum atomic E-state index is -0.0674. The van der Waals surface area contributed by atoms with Crippen LogP contribution in [0.15, 0.2) is 116 Å². The number of pyridine rings is 2. The lowest BCUT2D eigenvalue weighted by atomic mass is 9.76. The van der Waals surface area contributed by atoms with Crippen LogP contribution < -0.4 is 14.5 Å². The van der Waals surface area contributed by atoms with E-state index in [0.717, 1.165) is 50.8 Å². The molecule has 7 aromatic rings. The van der Waals surface area contributed by atoms with Crippen LogP contribution in [0.4, 0.5) is 22.7 Å². The van der Waals surface area contributed by atoms with Gasteiger partial charge in [0.15, 0.2) is 0 Å². The van der Waals surface area contributed by atoms with Gasteiger partial charge < -0.3 is 14.5 Å². The number of ether oxygens (including phenoxy) is 1. The van der Waals surface area contributed by atoms with Gasteiger partial charge >= 0.3 is 0 Å². The lowest BCUT2D eigenvalue weighted by molar-refractivity contribution is 0.483. The van der Waals surface area contributed by atoms with Gasteiger partial charge in [-0.1, -0.05) is 113 Å². The number of hydrogen-bond donors (Lipinski definition) is 0. The number of hydrogen-bond acceptors (Lipinski definition) is 5. The molecule has 0 saturated heterocycles. The molecular weight excluding hydrogens is 687 g/mol. The van der Waals surface area contributed by atoms with Gasteiger partial charge in [0.1, 0.15) is 24.0 Å². The molecule has 8 rings (SSSR count). The first-order valence-corrected chi connectivity index (χ1v) is 19.9. The Morgan fingerprint density at radius 1 is 0.607 bits per heavy atom. The molecule has 0 aliphatic carbocycles. The maximum Gasteiger partial charge on any atom is 0.137 e. The molecule has 0 radical (unpaired) electrons. The van der Waals surface area contributed by atoms with E-state index in [4.69, 9.17) is 9.72 Å². The SMILES string of the molecule is CC(C)c1cc(C(C)(C)C)c(N2CN(c3cccc(Oc4ccc5c6ccccc6n(-c6cc(C(C)(C)C)ccn6)c5c4)c3)c3ccncc32)c(C(C)(C)C)c1. The summed E-state index contributed by atoms with van der Waals surface area (Å²) in [7, 11) is 0. The van der Waals surface area contributed by atoms with Crippen molar-refractivity contribution in [3.8, 4) is 17.3 Å². The molecule has 0 fully saturated rings. The number of nitrogens with zero attached hydrogens (tertiary/aromatic N) is 5. The van der Waals surface area contributed by atoms with Crippen LogP contribution in [0.2, 0.25) is 0 Å². The summed E-state index contributed by atoms with van der Waals surface area (Å²) in [5.41, 5.74) is 12.0. The number of fused-ring (bicyclic) bond motifs is 4. The van der Waals surface area contributed by atoms with Gasteiger partial charge in [-0.3, -0.25) is 9.55 Å². The molecule has 0 unspecified atom stereocenters. The molecule has 0 bridgehead atoms. The Bertz CT molecular complexity index is 2560. The fraction of sp³-hybridized carbons (Fsp3) is 0.320. The van der Waals surface area contributed by atoms with Crippen LogP contribution in [0.25, 0.3) is 27.6 Å². The van der Waals surface area contributed by atoms with Crippen molar-refractivity contribution in [3.63, 3.8) is 0 Å². The van der Waals surface area contributed by atoms with Crippen molar-refractivity contribution >= 4 is 44.6 Å². The molecule has 3 aromatic heterocycles. The number of rotatable bonds is 6. The number of anilines is 4. The van der Waals surface area contributed by atoms with Crippen molar-refractivity contribution in [2.24, 2.45) is 0 Å². The summed E-state index contributed by atoms with van der Waals surface area (Å²) < 4.78 is 8.99. The minimum Gasteiger partial charge on any atom is -0.457 e. The molecule has 0 N–H and O–H groups in total. The first-order chi connectivity index (χ1) is 26.5. The van der Waals surface area contributed by atoms with Gasteiger partial charge in [0.2, 0.25) is 0 Å². The highest BCUT2D eigenvalue weighted by atomic mass is 16.5. The third-order valence-corrected chi connectivity index (χ3v) is 11.2. The average molecular weight is 742 g/mol. The van der Waals surface area contributed by atoms with E-state index in [9.17, 15) is 0 Å². The van der Waals surface area contributed by atoms with Gasteiger partial charge in [0, 0.05) is 41.0 Å². The van der Waals surface area contributed by atoms with Crippen molar-refractivity contribution in [1.29, 1.82) is 0 Å². The highest BCUT2D eigenvalue weighted by Crippen LogP contribution is 2.50. The predicted octanol–water partition coefficient (Wildman–Crippen LogP) is 13.6. The molecule has 6 heteroatoms. The van der Waals surface area contributed by atoms with Crippen molar-refractivity contribution in [2.75, 3.05) is 16.5 Å². The molecule has 0 saturated carbocycles. The summed E-state index contributed by atoms with van der Waals surface area (Å²) in [6.45, 7) is 25.9. The first-order valence-electron chi connectivity index (χ1n) is 19.9. The summed E-state index contributed by atoms with van der Waals surface area (Å²) in [5, 5.41) is 2.35. The number of para-hydroxylation sites is 1. The van der Waals surface area contributed by atoms with Gasteiger partial charge in [0.05, 0.1) is 34.3 Å². The zero-order chi connectivity index (χ0) is 39.7. The van der Waals surface area contributed by atoms with Crippen LogP contribution in [0, 0.1) is 0 Å². The highest BCUT2D eigenvalue weighted by Gasteiger charge is 2.36. The Hall–Kier alpha value is -5.62. The van der Waals surface area contributed by atoms with Gasteiger partial charge in [-0.15, -0.1) is 0 Å². The van der Waals surface area contributed by atoms with Crippen LogP contribution in [0.1, 0.15) is 104 Å². The standard InChI is InChI=1S/C50H55N5O/c1-32(2)33-25-40(49(6,7)8)47(41(26-33)50(9,10)11)54-31-53(43-22-23-51-30-45(43)54)35-15-14-16-36(28-35)56-37-19-20-39-38-17-12-13-18-42(38)55(44(39)29-37)46-27-34(21-24-52-46)48(3,4)5/h12-30,32H,31H2,1-11H3. The monoisotopic (exact) mass is 741 g/mol. The summed E-state index contributed by atoms with van der Waals surface area (Å²) in [4.78, 5) is 14.4. The fourth-order valence-electron chi connectivity index (χ4n) is 8.06. The lowest BCUT2D eigenvalue weighted by Crippen LogP contribution is -2.30. The summed E-state index contributed by atoms with van der Waals surface area (Å²) in [5.74, 6) is 2.88. The highest BCUT2D eigenvalue weighted by molar-refractivity contribution is 6.09. The molecule has 0 spiro atoms. The minimum absolute atomic E-state index is 0.00127. The van der Waals surface area contributed by atoms with Gasteiger partial charge in [-0.05, 0) is 92.9 Å². The van der Waals surface area contributed by atoms with E-state index in [2.05, 4.69) is 187 Å². The van der Waals surface area contributed by atoms with E-state index in [1.807, 2.05) is 24.7 Å². The molecule has 1 aliphatic heterocycles. The Morgan fingerprint density at radius 2 is 1.30 bits per heavy atom. The largest absolute Gasteiger partial charge is 0.457 e. The van der Waals surface area contributed by atoms with Gasteiger partial charge in [0.25, 0.3) is 0 Å². The number of benzene rings is 4. The molecule has 1 aliphatic rings. The summed E-state index contributed by atoms with van der Waals surface area (Å²) in [6.07, 6.45) is 5.84. The maximum atomic E-state index is 6.73. The molecule has 4 aromatic carbocycles. The van der Waals surface area contributed by atoms with Crippen LogP contribution in [-0.2, 0) is 16.2 Å². The molecule has 286 valence electrons. The second kappa shape index (κ2) is 13.5. The van der Waals surface area contributed by atoms with Crippen LogP contribution in [0.3, 0.4) is 0 Å². The molecule has 4 heterocycles. The van der Waals surface area contributed by atoms with Crippen molar-refractivity contribution in [3.05, 3.63) is 138 Å². The zero-order valence-electron chi connectivity index (χ0n) is 34.9. The lowest BCUT2D eigenvalue weighted by Gasteiger charge is -2.36. The smallest absolute Gasteiger partial charge is 0.137 e. The Morgan fingerprint density at radius 3 is 2.00 bits per heavy atom. The van der Waals surface area contributed by atoms with Gasteiger partial charge in [-0.2, -0.15) is 0 Å². The number of aromatic nitrogens is 3. The van der Waals surface area contributed by atoms with E-state index in [0.29, 0.717) is 12.6 Å². The molecule has 6 nitrogen and oxygen atoms in total. The molecule has 0 amide bonds. The van der Waals surface area contributed by atoms with Crippen LogP contribution in [0.5, 0.6) is 11.5 Å². The summed E-state index contributed by atoms with van der Waals surface area (Å²) in [6, 6.07) is 34.7. The van der Waals surface area contributed by atoms with E-state index < -0.39 is 0 Å². The van der Waals surface area contributed by atoms with E-state index in [1.54, 1.807) is 0 Å². The van der Waals surface area contributed by atoms with E-state index >= 15 is 0 Å². The second-order valence-corrected chi connectivity index (χ2v) is 18.8. The zero-order valence-corrected chi connectivity index (χ0v) is 34.9. The maximum absolute atomic E-state index is 6.73. The first kappa shape index (κ1) is 37.3. The predicted molar refractivity (Wildman–Crippen MR) is 235 cm³/mol. The van der Waals surface area contributed by atoms with Gasteiger partial charge in [-0.25, -0.2) is 4.98 Å². The normalized spacial score (nSPS) is 13.6. The molecule has 56 heavy (non-hydrogen) atoms. The Balaban J connectivity index is 1.19. The molecule has 0 atom stereocenters. The fourth-order valence-corrected chi connectivity index (χ4v) is 8.06. The Kier molecular flexibility index (Phi) is 9.02. The third kappa shape index (κ3) is 6.69. The average Bonchev–Trinajstić information content (AvgIpc) is 3.69. The topological polar surface area (TPSA) is 46.4 Å². The van der Waals surface area contributed by atoms with E-state index in [-0.39, 0.29) is 16.2 Å². The quantitative estimate of drug-likeness (QED) is 0.170. The third-order valence-electron chi connectivity index (χ3n) is 11.2. The van der Waals surface area contributed by atoms with E-state index in [1.165, 1.54) is 33.3 Å². The van der Waals surface area contributed by atoms with Crippen molar-refractivity contribution in [2.45, 2.75) is 98.3 Å². The van der Waals surface area contributed by atoms with Crippen molar-refractivity contribution < 1.29 is 4.74 Å². The van der Waals surface area contributed by atoms with Crippen molar-refractivity contribution in [1.82, 2.24) is 14.5 Å². The summed E-state index contributed by atoms with van der Waals surface area (Å²) >= 11 is 0. The van der Waals surface area contributed by atoms with Crippen LogP contribution in [-0.4, -0.2) is 21.2 Å². The molecular formula is C50H55N5O. The van der Waals surface area contributed by atoms with Crippen LogP contribution >= 0.6 is 0 Å². The second-order valence-electron chi connectivity index (χ2n) is 18.8.